The van der Waals surface area contributed by atoms with Gasteiger partial charge < -0.3 is 5.32 Å². The first kappa shape index (κ1) is 15.0. The molecule has 0 amide bonds. The van der Waals surface area contributed by atoms with Crippen molar-refractivity contribution in [1.29, 1.82) is 0 Å². The van der Waals surface area contributed by atoms with E-state index in [0.717, 1.165) is 31.0 Å². The number of anilines is 1. The van der Waals surface area contributed by atoms with Crippen LogP contribution in [0.3, 0.4) is 0 Å². The molecule has 1 saturated heterocycles. The van der Waals surface area contributed by atoms with E-state index in [1.807, 2.05) is 12.1 Å². The van der Waals surface area contributed by atoms with Gasteiger partial charge >= 0.3 is 0 Å². The molecule has 1 fully saturated rings. The molecule has 0 saturated carbocycles. The number of nitrogens with zero attached hydrogens (tertiary/aromatic N) is 4. The quantitative estimate of drug-likeness (QED) is 0.801. The summed E-state index contributed by atoms with van der Waals surface area (Å²) in [5.41, 5.74) is 2.90. The number of aromatic nitrogens is 3. The summed E-state index contributed by atoms with van der Waals surface area (Å²) in [6.07, 6.45) is 5.75. The average Bonchev–Trinajstić information content (AvgIpc) is 2.63. The summed E-state index contributed by atoms with van der Waals surface area (Å²) in [4.78, 5) is 15.6. The Labute approximate surface area is 141 Å². The first-order valence-corrected chi connectivity index (χ1v) is 8.47. The smallest absolute Gasteiger partial charge is 0.180 e. The molecule has 24 heavy (non-hydrogen) atoms. The third-order valence-electron chi connectivity index (χ3n) is 4.44. The van der Waals surface area contributed by atoms with Crippen molar-refractivity contribution in [1.82, 2.24) is 19.9 Å². The molecule has 1 aromatic carbocycles. The lowest BCUT2D eigenvalue weighted by atomic mass is 10.0. The van der Waals surface area contributed by atoms with E-state index in [4.69, 9.17) is 0 Å². The molecule has 4 rings (SSSR count). The minimum Gasteiger partial charge on any atom is -0.366 e. The van der Waals surface area contributed by atoms with Gasteiger partial charge in [0.25, 0.3) is 0 Å². The Balaban J connectivity index is 1.42. The maximum absolute atomic E-state index is 4.58. The lowest BCUT2D eigenvalue weighted by molar-refractivity contribution is 0.208. The molecular formula is C19H21N5. The van der Waals surface area contributed by atoms with Crippen molar-refractivity contribution in [3.63, 3.8) is 0 Å². The van der Waals surface area contributed by atoms with Crippen molar-refractivity contribution in [3.05, 3.63) is 60.4 Å². The fourth-order valence-electron chi connectivity index (χ4n) is 3.30. The lowest BCUT2D eigenvalue weighted by Crippen LogP contribution is -2.41. The van der Waals surface area contributed by atoms with Crippen molar-refractivity contribution in [2.45, 2.75) is 25.4 Å². The lowest BCUT2D eigenvalue weighted by Gasteiger charge is -2.33. The number of nitrogens with one attached hydrogen (secondary N) is 1. The minimum atomic E-state index is 0.420. The summed E-state index contributed by atoms with van der Waals surface area (Å²) in [6.45, 7) is 3.20. The molecule has 5 nitrogen and oxygen atoms in total. The van der Waals surface area contributed by atoms with Gasteiger partial charge in [0.15, 0.2) is 5.65 Å². The highest BCUT2D eigenvalue weighted by Crippen LogP contribution is 2.18. The van der Waals surface area contributed by atoms with Gasteiger partial charge in [-0.15, -0.1) is 0 Å². The van der Waals surface area contributed by atoms with Gasteiger partial charge in [0.05, 0.1) is 0 Å². The van der Waals surface area contributed by atoms with E-state index >= 15 is 0 Å². The van der Waals surface area contributed by atoms with Gasteiger partial charge in [-0.05, 0) is 37.1 Å². The monoisotopic (exact) mass is 319 g/mol. The third-order valence-corrected chi connectivity index (χ3v) is 4.44. The Morgan fingerprint density at radius 1 is 1.04 bits per heavy atom. The molecule has 1 N–H and O–H groups in total. The van der Waals surface area contributed by atoms with Crippen molar-refractivity contribution in [2.24, 2.45) is 0 Å². The van der Waals surface area contributed by atoms with E-state index in [0.29, 0.717) is 11.7 Å². The van der Waals surface area contributed by atoms with Gasteiger partial charge in [-0.1, -0.05) is 30.3 Å². The molecule has 1 atom stereocenters. The second-order valence-electron chi connectivity index (χ2n) is 6.30. The molecule has 1 aliphatic heterocycles. The van der Waals surface area contributed by atoms with E-state index in [1.54, 1.807) is 12.4 Å². The number of fused-ring (bicyclic) bond motifs is 1. The zero-order chi connectivity index (χ0) is 16.2. The maximum Gasteiger partial charge on any atom is 0.180 e. The zero-order valence-corrected chi connectivity index (χ0v) is 13.6. The predicted octanol–water partition coefficient (Wildman–Crippen LogP) is 3.10. The van der Waals surface area contributed by atoms with Crippen LogP contribution >= 0.6 is 0 Å². The van der Waals surface area contributed by atoms with Crippen molar-refractivity contribution >= 4 is 17.0 Å². The number of pyridine rings is 1. The number of hydrogen-bond donors (Lipinski definition) is 1. The molecule has 0 bridgehead atoms. The van der Waals surface area contributed by atoms with Crippen molar-refractivity contribution in [2.75, 3.05) is 18.4 Å². The van der Waals surface area contributed by atoms with E-state index in [2.05, 4.69) is 55.5 Å². The van der Waals surface area contributed by atoms with Crippen LogP contribution in [0, 0.1) is 0 Å². The highest BCUT2D eigenvalue weighted by molar-refractivity contribution is 5.71. The van der Waals surface area contributed by atoms with Crippen LogP contribution in [0.1, 0.15) is 18.4 Å². The summed E-state index contributed by atoms with van der Waals surface area (Å²) < 4.78 is 0. The average molecular weight is 319 g/mol. The molecule has 2 aromatic heterocycles. The van der Waals surface area contributed by atoms with Crippen molar-refractivity contribution in [3.8, 4) is 0 Å². The Hall–Kier alpha value is -2.53. The van der Waals surface area contributed by atoms with Crippen LogP contribution in [0.5, 0.6) is 0 Å². The second-order valence-corrected chi connectivity index (χ2v) is 6.30. The van der Waals surface area contributed by atoms with Gasteiger partial charge in [0, 0.05) is 31.5 Å². The Bertz CT molecular complexity index is 805. The van der Waals surface area contributed by atoms with Crippen LogP contribution in [-0.4, -0.2) is 39.0 Å². The van der Waals surface area contributed by atoms with Gasteiger partial charge in [-0.2, -0.15) is 0 Å². The van der Waals surface area contributed by atoms with E-state index < -0.39 is 0 Å². The summed E-state index contributed by atoms with van der Waals surface area (Å²) in [7, 11) is 0. The number of benzene rings is 1. The van der Waals surface area contributed by atoms with E-state index in [1.165, 1.54) is 18.4 Å². The third kappa shape index (κ3) is 3.51. The molecule has 0 aliphatic carbocycles. The van der Waals surface area contributed by atoms with Crippen LogP contribution in [0.2, 0.25) is 0 Å². The molecule has 5 heteroatoms. The molecule has 3 aromatic rings. The minimum absolute atomic E-state index is 0.420. The highest BCUT2D eigenvalue weighted by atomic mass is 15.2. The molecule has 1 unspecified atom stereocenters. The molecular weight excluding hydrogens is 298 g/mol. The van der Waals surface area contributed by atoms with Gasteiger partial charge in [-0.25, -0.2) is 9.97 Å². The van der Waals surface area contributed by atoms with Crippen LogP contribution in [0.25, 0.3) is 11.2 Å². The fourth-order valence-corrected chi connectivity index (χ4v) is 3.30. The largest absolute Gasteiger partial charge is 0.366 e. The summed E-state index contributed by atoms with van der Waals surface area (Å²) in [6, 6.07) is 15.1. The Morgan fingerprint density at radius 3 is 2.83 bits per heavy atom. The summed E-state index contributed by atoms with van der Waals surface area (Å²) >= 11 is 0. The Morgan fingerprint density at radius 2 is 1.92 bits per heavy atom. The van der Waals surface area contributed by atoms with E-state index in [-0.39, 0.29) is 0 Å². The van der Waals surface area contributed by atoms with Crippen LogP contribution in [0.15, 0.2) is 54.9 Å². The zero-order valence-electron chi connectivity index (χ0n) is 13.6. The number of piperidine rings is 1. The number of likely N-dealkylation sites (tertiary alicyclic amines) is 1. The number of hydrogen-bond acceptors (Lipinski definition) is 5. The van der Waals surface area contributed by atoms with Crippen LogP contribution in [0.4, 0.5) is 5.82 Å². The molecule has 0 radical (unpaired) electrons. The van der Waals surface area contributed by atoms with E-state index in [9.17, 15) is 0 Å². The second kappa shape index (κ2) is 6.93. The summed E-state index contributed by atoms with van der Waals surface area (Å²) in [5.74, 6) is 0.884. The first-order valence-electron chi connectivity index (χ1n) is 8.47. The van der Waals surface area contributed by atoms with Crippen LogP contribution < -0.4 is 5.32 Å². The topological polar surface area (TPSA) is 53.9 Å². The van der Waals surface area contributed by atoms with Crippen LogP contribution in [-0.2, 0) is 6.54 Å². The predicted molar refractivity (Wildman–Crippen MR) is 95.7 cm³/mol. The first-order chi connectivity index (χ1) is 11.9. The normalized spacial score (nSPS) is 18.6. The highest BCUT2D eigenvalue weighted by Gasteiger charge is 2.20. The maximum atomic E-state index is 4.58. The fraction of sp³-hybridized carbons (Fsp3) is 0.316. The SMILES string of the molecule is c1ccc(CN2CCCC(Nc3ccc4nccnc4n3)C2)cc1. The summed E-state index contributed by atoms with van der Waals surface area (Å²) in [5, 5.41) is 3.57. The standard InChI is InChI=1S/C19H21N5/c1-2-5-15(6-3-1)13-24-12-4-7-16(14-24)22-18-9-8-17-19(23-18)21-11-10-20-17/h1-3,5-6,8-11,16H,4,7,12-14H2,(H,21,22,23). The molecule has 3 heterocycles. The van der Waals surface area contributed by atoms with Gasteiger partial charge in [0.1, 0.15) is 11.3 Å². The van der Waals surface area contributed by atoms with Gasteiger partial charge in [-0.3, -0.25) is 9.88 Å². The van der Waals surface area contributed by atoms with Crippen molar-refractivity contribution < 1.29 is 0 Å². The number of rotatable bonds is 4. The molecule has 0 spiro atoms. The molecule has 1 aliphatic rings. The van der Waals surface area contributed by atoms with Gasteiger partial charge in [0.2, 0.25) is 0 Å². The Kier molecular flexibility index (Phi) is 4.34. The molecule has 122 valence electrons.